The Labute approximate surface area is 133 Å². The average Bonchev–Trinajstić information content (AvgIpc) is 2.67. The summed E-state index contributed by atoms with van der Waals surface area (Å²) in [5, 5.41) is 5.03. The van der Waals surface area contributed by atoms with Gasteiger partial charge in [-0.25, -0.2) is 13.1 Å². The molecule has 0 saturated heterocycles. The Morgan fingerprint density at radius 2 is 1.90 bits per heavy atom. The largest absolute Gasteiger partial charge is 0.382 e. The van der Waals surface area contributed by atoms with Gasteiger partial charge in [0.05, 0.1) is 10.7 Å². The summed E-state index contributed by atoms with van der Waals surface area (Å²) in [5.41, 5.74) is 6.43. The Kier molecular flexibility index (Phi) is 4.10. The Bertz CT molecular complexity index is 800. The molecule has 2 aromatic rings. The van der Waals surface area contributed by atoms with Crippen LogP contribution in [0.2, 0.25) is 10.0 Å². The van der Waals surface area contributed by atoms with Crippen LogP contribution in [0.5, 0.6) is 0 Å². The van der Waals surface area contributed by atoms with Crippen molar-refractivity contribution in [3.05, 3.63) is 28.2 Å². The molecule has 0 atom stereocenters. The molecule has 2 N–H and O–H groups in total. The van der Waals surface area contributed by atoms with Crippen molar-refractivity contribution in [1.82, 2.24) is 9.78 Å². The van der Waals surface area contributed by atoms with E-state index in [1.807, 2.05) is 0 Å². The van der Waals surface area contributed by atoms with E-state index in [2.05, 4.69) is 5.10 Å². The SMILES string of the molecule is CN(C)c1nn(-c2ccc(Cl)cc2Cl)c(N)c1S(C)(=O)=O. The van der Waals surface area contributed by atoms with E-state index in [9.17, 15) is 8.42 Å². The molecule has 0 radical (unpaired) electrons. The van der Waals surface area contributed by atoms with Gasteiger partial charge in [-0.1, -0.05) is 23.2 Å². The fourth-order valence-electron chi connectivity index (χ4n) is 1.89. The lowest BCUT2D eigenvalue weighted by Crippen LogP contribution is -2.13. The summed E-state index contributed by atoms with van der Waals surface area (Å²) in [7, 11) is -0.167. The van der Waals surface area contributed by atoms with Crippen LogP contribution in [-0.4, -0.2) is 38.5 Å². The molecule has 21 heavy (non-hydrogen) atoms. The van der Waals surface area contributed by atoms with Crippen LogP contribution in [0.4, 0.5) is 11.6 Å². The number of nitrogen functional groups attached to an aromatic ring is 1. The third-order valence-corrected chi connectivity index (χ3v) is 4.46. The van der Waals surface area contributed by atoms with Gasteiger partial charge in [-0.05, 0) is 18.2 Å². The molecule has 6 nitrogen and oxygen atoms in total. The van der Waals surface area contributed by atoms with E-state index in [0.717, 1.165) is 6.26 Å². The topological polar surface area (TPSA) is 81.2 Å². The first-order valence-corrected chi connectivity index (χ1v) is 8.49. The summed E-state index contributed by atoms with van der Waals surface area (Å²) >= 11 is 12.0. The maximum absolute atomic E-state index is 11.9. The minimum Gasteiger partial charge on any atom is -0.382 e. The molecule has 114 valence electrons. The van der Waals surface area contributed by atoms with E-state index < -0.39 is 9.84 Å². The van der Waals surface area contributed by atoms with Gasteiger partial charge in [0.2, 0.25) is 0 Å². The highest BCUT2D eigenvalue weighted by Crippen LogP contribution is 2.33. The van der Waals surface area contributed by atoms with Crippen molar-refractivity contribution < 1.29 is 8.42 Å². The van der Waals surface area contributed by atoms with Crippen LogP contribution < -0.4 is 10.6 Å². The molecule has 1 aromatic heterocycles. The van der Waals surface area contributed by atoms with Gasteiger partial charge in [0.15, 0.2) is 20.6 Å². The molecular formula is C12H14Cl2N4O2S. The molecule has 0 amide bonds. The van der Waals surface area contributed by atoms with Crippen LogP contribution in [0.3, 0.4) is 0 Å². The Balaban J connectivity index is 2.78. The van der Waals surface area contributed by atoms with Crippen LogP contribution in [0.25, 0.3) is 5.69 Å². The van der Waals surface area contributed by atoms with Gasteiger partial charge in [0.25, 0.3) is 0 Å². The lowest BCUT2D eigenvalue weighted by atomic mass is 10.3. The van der Waals surface area contributed by atoms with Crippen molar-refractivity contribution in [2.45, 2.75) is 4.90 Å². The van der Waals surface area contributed by atoms with Crippen molar-refractivity contribution >= 4 is 44.7 Å². The Morgan fingerprint density at radius 1 is 1.29 bits per heavy atom. The van der Waals surface area contributed by atoms with Crippen molar-refractivity contribution in [2.24, 2.45) is 0 Å². The standard InChI is InChI=1S/C12H14Cl2N4O2S/c1-17(2)12-10(21(3,19)20)11(15)18(16-12)9-5-4-7(13)6-8(9)14/h4-6H,15H2,1-3H3. The van der Waals surface area contributed by atoms with E-state index in [1.54, 1.807) is 31.1 Å². The van der Waals surface area contributed by atoms with Crippen LogP contribution >= 0.6 is 23.2 Å². The lowest BCUT2D eigenvalue weighted by molar-refractivity contribution is 0.602. The van der Waals surface area contributed by atoms with Gasteiger partial charge in [-0.15, -0.1) is 5.10 Å². The maximum atomic E-state index is 11.9. The number of halogens is 2. The van der Waals surface area contributed by atoms with Gasteiger partial charge in [0, 0.05) is 25.4 Å². The third-order valence-electron chi connectivity index (χ3n) is 2.79. The fraction of sp³-hybridized carbons (Fsp3) is 0.250. The van der Waals surface area contributed by atoms with E-state index in [4.69, 9.17) is 28.9 Å². The highest BCUT2D eigenvalue weighted by molar-refractivity contribution is 7.91. The number of anilines is 2. The Hall–Kier alpha value is -1.44. The number of nitrogens with two attached hydrogens (primary N) is 1. The molecular weight excluding hydrogens is 335 g/mol. The second-order valence-corrected chi connectivity index (χ2v) is 7.51. The number of benzene rings is 1. The average molecular weight is 349 g/mol. The van der Waals surface area contributed by atoms with E-state index in [1.165, 1.54) is 10.7 Å². The molecule has 1 heterocycles. The quantitative estimate of drug-likeness (QED) is 0.919. The van der Waals surface area contributed by atoms with E-state index in [0.29, 0.717) is 15.7 Å². The summed E-state index contributed by atoms with van der Waals surface area (Å²) in [6.45, 7) is 0. The number of aromatic nitrogens is 2. The Morgan fingerprint density at radius 3 is 2.33 bits per heavy atom. The normalized spacial score (nSPS) is 11.7. The summed E-state index contributed by atoms with van der Waals surface area (Å²) in [5.74, 6) is 0.256. The molecule has 0 aliphatic rings. The van der Waals surface area contributed by atoms with Crippen LogP contribution in [0.15, 0.2) is 23.1 Å². The summed E-state index contributed by atoms with van der Waals surface area (Å²) in [4.78, 5) is 1.55. The predicted octanol–water partition coefficient (Wildman–Crippen LogP) is 2.23. The second kappa shape index (κ2) is 5.40. The first kappa shape index (κ1) is 15.9. The summed E-state index contributed by atoms with van der Waals surface area (Å²) in [6.07, 6.45) is 1.08. The fourth-order valence-corrected chi connectivity index (χ4v) is 3.40. The van der Waals surface area contributed by atoms with Crippen LogP contribution in [-0.2, 0) is 9.84 Å². The zero-order chi connectivity index (χ0) is 15.9. The summed E-state index contributed by atoms with van der Waals surface area (Å²) in [6, 6.07) is 4.79. The van der Waals surface area contributed by atoms with Crippen molar-refractivity contribution in [1.29, 1.82) is 0 Å². The number of hydrogen-bond donors (Lipinski definition) is 1. The first-order chi connectivity index (χ1) is 9.62. The molecule has 9 heteroatoms. The number of rotatable bonds is 3. The van der Waals surface area contributed by atoms with Gasteiger partial charge < -0.3 is 10.6 Å². The zero-order valence-corrected chi connectivity index (χ0v) is 14.0. The first-order valence-electron chi connectivity index (χ1n) is 5.84. The number of sulfone groups is 1. The highest BCUT2D eigenvalue weighted by atomic mass is 35.5. The van der Waals surface area contributed by atoms with Gasteiger partial charge in [-0.3, -0.25) is 0 Å². The van der Waals surface area contributed by atoms with Crippen LogP contribution in [0, 0.1) is 0 Å². The van der Waals surface area contributed by atoms with Crippen molar-refractivity contribution in [3.8, 4) is 5.69 Å². The van der Waals surface area contributed by atoms with Crippen LogP contribution in [0.1, 0.15) is 0 Å². The molecule has 0 spiro atoms. The molecule has 0 saturated carbocycles. The van der Waals surface area contributed by atoms with E-state index in [-0.39, 0.29) is 16.5 Å². The van der Waals surface area contributed by atoms with Gasteiger partial charge in [-0.2, -0.15) is 0 Å². The summed E-state index contributed by atoms with van der Waals surface area (Å²) < 4.78 is 25.2. The highest BCUT2D eigenvalue weighted by Gasteiger charge is 2.26. The molecule has 0 fully saturated rings. The molecule has 0 aliphatic heterocycles. The van der Waals surface area contributed by atoms with Crippen molar-refractivity contribution in [2.75, 3.05) is 31.0 Å². The van der Waals surface area contributed by atoms with Gasteiger partial charge in [0.1, 0.15) is 5.82 Å². The molecule has 1 aromatic carbocycles. The molecule has 2 rings (SSSR count). The minimum atomic E-state index is -3.54. The third kappa shape index (κ3) is 2.95. The monoisotopic (exact) mass is 348 g/mol. The maximum Gasteiger partial charge on any atom is 0.182 e. The van der Waals surface area contributed by atoms with Gasteiger partial charge >= 0.3 is 0 Å². The van der Waals surface area contributed by atoms with E-state index >= 15 is 0 Å². The molecule has 0 unspecified atom stereocenters. The molecule has 0 bridgehead atoms. The lowest BCUT2D eigenvalue weighted by Gasteiger charge is -2.09. The number of hydrogen-bond acceptors (Lipinski definition) is 5. The van der Waals surface area contributed by atoms with Crippen molar-refractivity contribution in [3.63, 3.8) is 0 Å². The minimum absolute atomic E-state index is 0.00502. The second-order valence-electron chi connectivity index (χ2n) is 4.71. The zero-order valence-electron chi connectivity index (χ0n) is 11.6. The smallest absolute Gasteiger partial charge is 0.182 e. The predicted molar refractivity (Wildman–Crippen MR) is 85.4 cm³/mol. The molecule has 0 aliphatic carbocycles. The number of nitrogens with zero attached hydrogens (tertiary/aromatic N) is 3.